The van der Waals surface area contributed by atoms with E-state index in [0.29, 0.717) is 5.02 Å². The Morgan fingerprint density at radius 1 is 1.19 bits per heavy atom. The topological polar surface area (TPSA) is 50.7 Å². The second-order valence-electron chi connectivity index (χ2n) is 4.39. The predicted molar refractivity (Wildman–Crippen MR) is 86.8 cm³/mol. The lowest BCUT2D eigenvalue weighted by Gasteiger charge is -2.02. The van der Waals surface area contributed by atoms with Crippen LogP contribution in [0.4, 0.5) is 5.13 Å². The van der Waals surface area contributed by atoms with Crippen LogP contribution in [0.15, 0.2) is 48.2 Å². The van der Waals surface area contributed by atoms with Crippen LogP contribution in [0.1, 0.15) is 5.69 Å². The monoisotopic (exact) mass is 316 g/mol. The zero-order chi connectivity index (χ0) is 14.5. The Kier molecular flexibility index (Phi) is 4.43. The molecule has 0 fully saturated rings. The van der Waals surface area contributed by atoms with Crippen molar-refractivity contribution in [2.24, 2.45) is 0 Å². The summed E-state index contributed by atoms with van der Waals surface area (Å²) in [5.41, 5.74) is 2.84. The van der Waals surface area contributed by atoms with Crippen molar-refractivity contribution in [3.63, 3.8) is 0 Å². The molecule has 3 aromatic heterocycles. The number of hydrogen-bond donors (Lipinski definition) is 1. The van der Waals surface area contributed by atoms with Crippen LogP contribution in [0.2, 0.25) is 5.02 Å². The first-order valence-electron chi connectivity index (χ1n) is 6.52. The van der Waals surface area contributed by atoms with Crippen molar-refractivity contribution in [1.29, 1.82) is 0 Å². The molecule has 21 heavy (non-hydrogen) atoms. The number of nitrogens with one attached hydrogen (secondary N) is 1. The molecule has 0 atom stereocenters. The Morgan fingerprint density at radius 3 is 2.95 bits per heavy atom. The molecule has 0 radical (unpaired) electrons. The van der Waals surface area contributed by atoms with Gasteiger partial charge in [0, 0.05) is 48.2 Å². The first-order chi connectivity index (χ1) is 10.3. The molecule has 3 heterocycles. The summed E-state index contributed by atoms with van der Waals surface area (Å²) in [6.07, 6.45) is 6.02. The molecule has 0 unspecified atom stereocenters. The minimum atomic E-state index is 0.614. The van der Waals surface area contributed by atoms with Crippen LogP contribution in [0.3, 0.4) is 0 Å². The minimum Gasteiger partial charge on any atom is -0.361 e. The highest BCUT2D eigenvalue weighted by atomic mass is 35.5. The van der Waals surface area contributed by atoms with Crippen molar-refractivity contribution in [1.82, 2.24) is 15.0 Å². The van der Waals surface area contributed by atoms with Gasteiger partial charge in [-0.2, -0.15) is 0 Å². The van der Waals surface area contributed by atoms with Gasteiger partial charge in [0.15, 0.2) is 5.13 Å². The fourth-order valence-electron chi connectivity index (χ4n) is 1.91. The molecular formula is C15H13ClN4S. The third kappa shape index (κ3) is 3.56. The Morgan fingerprint density at radius 2 is 2.14 bits per heavy atom. The number of anilines is 1. The van der Waals surface area contributed by atoms with Crippen molar-refractivity contribution in [2.45, 2.75) is 6.42 Å². The molecule has 0 aromatic carbocycles. The minimum absolute atomic E-state index is 0.614. The first kappa shape index (κ1) is 14.0. The fraction of sp³-hybridized carbons (Fsp3) is 0.133. The largest absolute Gasteiger partial charge is 0.361 e. The van der Waals surface area contributed by atoms with E-state index in [-0.39, 0.29) is 0 Å². The van der Waals surface area contributed by atoms with E-state index in [2.05, 4.69) is 20.3 Å². The number of thiazole rings is 1. The lowest BCUT2D eigenvalue weighted by molar-refractivity contribution is 0.959. The summed E-state index contributed by atoms with van der Waals surface area (Å²) in [5, 5.41) is 6.80. The molecule has 0 spiro atoms. The van der Waals surface area contributed by atoms with Crippen LogP contribution in [0.5, 0.6) is 0 Å². The van der Waals surface area contributed by atoms with E-state index < -0.39 is 0 Å². The smallest absolute Gasteiger partial charge is 0.183 e. The molecule has 4 nitrogen and oxygen atoms in total. The van der Waals surface area contributed by atoms with Gasteiger partial charge in [-0.1, -0.05) is 17.7 Å². The summed E-state index contributed by atoms with van der Waals surface area (Å²) in [5.74, 6) is 0. The average molecular weight is 317 g/mol. The second-order valence-corrected chi connectivity index (χ2v) is 5.66. The van der Waals surface area contributed by atoms with Gasteiger partial charge >= 0.3 is 0 Å². The maximum atomic E-state index is 6.13. The van der Waals surface area contributed by atoms with Crippen LogP contribution >= 0.6 is 22.9 Å². The molecule has 0 aliphatic heterocycles. The van der Waals surface area contributed by atoms with Gasteiger partial charge in [0.05, 0.1) is 10.7 Å². The highest BCUT2D eigenvalue weighted by Gasteiger charge is 2.07. The lowest BCUT2D eigenvalue weighted by Crippen LogP contribution is -2.05. The van der Waals surface area contributed by atoms with Gasteiger partial charge in [-0.3, -0.25) is 9.97 Å². The third-order valence-corrected chi connectivity index (χ3v) is 4.04. The lowest BCUT2D eigenvalue weighted by atomic mass is 10.2. The molecule has 0 saturated heterocycles. The molecule has 0 bridgehead atoms. The zero-order valence-electron chi connectivity index (χ0n) is 11.2. The summed E-state index contributed by atoms with van der Waals surface area (Å²) in [6, 6.07) is 7.80. The molecule has 0 aliphatic rings. The van der Waals surface area contributed by atoms with Gasteiger partial charge in [0.1, 0.15) is 0 Å². The number of nitrogens with zero attached hydrogens (tertiary/aromatic N) is 3. The summed E-state index contributed by atoms with van der Waals surface area (Å²) in [4.78, 5) is 12.8. The quantitative estimate of drug-likeness (QED) is 0.775. The van der Waals surface area contributed by atoms with Crippen LogP contribution in [0.25, 0.3) is 11.3 Å². The van der Waals surface area contributed by atoms with E-state index >= 15 is 0 Å². The maximum absolute atomic E-state index is 6.13. The normalized spacial score (nSPS) is 10.5. The SMILES string of the molecule is Clc1cnccc1-c1csc(NCCc2ccccn2)n1. The van der Waals surface area contributed by atoms with Crippen LogP contribution < -0.4 is 5.32 Å². The second kappa shape index (κ2) is 6.65. The molecule has 3 aromatic rings. The van der Waals surface area contributed by atoms with E-state index in [1.165, 1.54) is 0 Å². The predicted octanol–water partition coefficient (Wildman–Crippen LogP) is 3.91. The maximum Gasteiger partial charge on any atom is 0.183 e. The Hall–Kier alpha value is -1.98. The summed E-state index contributed by atoms with van der Waals surface area (Å²) in [6.45, 7) is 0.800. The zero-order valence-corrected chi connectivity index (χ0v) is 12.7. The van der Waals surface area contributed by atoms with Gasteiger partial charge in [-0.05, 0) is 18.2 Å². The van der Waals surface area contributed by atoms with E-state index in [9.17, 15) is 0 Å². The van der Waals surface area contributed by atoms with Gasteiger partial charge in [-0.25, -0.2) is 4.98 Å². The average Bonchev–Trinajstić information content (AvgIpc) is 2.97. The molecule has 6 heteroatoms. The van der Waals surface area contributed by atoms with Crippen molar-refractivity contribution in [2.75, 3.05) is 11.9 Å². The summed E-state index contributed by atoms with van der Waals surface area (Å²) < 4.78 is 0. The summed E-state index contributed by atoms with van der Waals surface area (Å²) in [7, 11) is 0. The molecule has 0 amide bonds. The number of rotatable bonds is 5. The Labute approximate surface area is 131 Å². The van der Waals surface area contributed by atoms with Crippen molar-refractivity contribution >= 4 is 28.1 Å². The van der Waals surface area contributed by atoms with Crippen molar-refractivity contribution < 1.29 is 0 Å². The van der Waals surface area contributed by atoms with Gasteiger partial charge in [0.25, 0.3) is 0 Å². The highest BCUT2D eigenvalue weighted by molar-refractivity contribution is 7.14. The number of aromatic nitrogens is 3. The molecule has 3 rings (SSSR count). The van der Waals surface area contributed by atoms with E-state index in [0.717, 1.165) is 35.0 Å². The van der Waals surface area contributed by atoms with Crippen LogP contribution in [-0.4, -0.2) is 21.5 Å². The van der Waals surface area contributed by atoms with Gasteiger partial charge in [-0.15, -0.1) is 11.3 Å². The molecule has 1 N–H and O–H groups in total. The fourth-order valence-corrected chi connectivity index (χ4v) is 2.86. The molecule has 0 aliphatic carbocycles. The van der Waals surface area contributed by atoms with Crippen LogP contribution in [-0.2, 0) is 6.42 Å². The Bertz CT molecular complexity index is 714. The third-order valence-electron chi connectivity index (χ3n) is 2.94. The van der Waals surface area contributed by atoms with E-state index in [4.69, 9.17) is 11.6 Å². The number of halogens is 1. The van der Waals surface area contributed by atoms with E-state index in [1.54, 1.807) is 23.7 Å². The number of hydrogen-bond acceptors (Lipinski definition) is 5. The van der Waals surface area contributed by atoms with E-state index in [1.807, 2.05) is 35.8 Å². The van der Waals surface area contributed by atoms with Gasteiger partial charge < -0.3 is 5.32 Å². The van der Waals surface area contributed by atoms with Crippen LogP contribution in [0, 0.1) is 0 Å². The number of pyridine rings is 2. The first-order valence-corrected chi connectivity index (χ1v) is 7.78. The standard InChI is InChI=1S/C15H13ClN4S/c16-13-9-17-7-5-12(13)14-10-21-15(20-14)19-8-4-11-3-1-2-6-18-11/h1-3,5-7,9-10H,4,8H2,(H,19,20). The summed E-state index contributed by atoms with van der Waals surface area (Å²) >= 11 is 7.69. The molecule has 106 valence electrons. The van der Waals surface area contributed by atoms with Crippen molar-refractivity contribution in [3.8, 4) is 11.3 Å². The Balaban J connectivity index is 1.62. The molecular weight excluding hydrogens is 304 g/mol. The van der Waals surface area contributed by atoms with Gasteiger partial charge in [0.2, 0.25) is 0 Å². The van der Waals surface area contributed by atoms with Crippen molar-refractivity contribution in [3.05, 3.63) is 59.0 Å². The molecule has 0 saturated carbocycles. The highest BCUT2D eigenvalue weighted by Crippen LogP contribution is 2.29.